The van der Waals surface area contributed by atoms with Gasteiger partial charge in [-0.2, -0.15) is 0 Å². The number of aliphatic imine (C=N–C) groups is 1. The van der Waals surface area contributed by atoms with Gasteiger partial charge in [0.25, 0.3) is 11.8 Å². The van der Waals surface area contributed by atoms with Gasteiger partial charge in [0.05, 0.1) is 23.7 Å². The van der Waals surface area contributed by atoms with Crippen molar-refractivity contribution in [3.05, 3.63) is 63.4 Å². The molecule has 2 aliphatic carbocycles. The van der Waals surface area contributed by atoms with Gasteiger partial charge in [0.15, 0.2) is 0 Å². The van der Waals surface area contributed by atoms with Crippen molar-refractivity contribution < 1.29 is 19.5 Å². The number of nitrogens with one attached hydrogen (secondary N) is 1. The van der Waals surface area contributed by atoms with Crippen LogP contribution in [0.3, 0.4) is 0 Å². The molecule has 0 unspecified atom stereocenters. The van der Waals surface area contributed by atoms with Crippen molar-refractivity contribution >= 4 is 46.7 Å². The lowest BCUT2D eigenvalue weighted by atomic mass is 9.69. The number of benzene rings is 1. The molecule has 2 saturated carbocycles. The maximum Gasteiger partial charge on any atom is 0.305 e. The van der Waals surface area contributed by atoms with Crippen molar-refractivity contribution in [3.63, 3.8) is 0 Å². The van der Waals surface area contributed by atoms with Crippen LogP contribution in [0.4, 0.5) is 0 Å². The highest BCUT2D eigenvalue weighted by Crippen LogP contribution is 2.53. The number of carbonyl (C=O) groups excluding carboxylic acids is 2. The Hall–Kier alpha value is -2.97. The van der Waals surface area contributed by atoms with E-state index in [1.807, 2.05) is 11.0 Å². The van der Waals surface area contributed by atoms with E-state index in [0.717, 1.165) is 44.2 Å². The zero-order chi connectivity index (χ0) is 29.5. The molecule has 1 aliphatic heterocycles. The van der Waals surface area contributed by atoms with E-state index in [2.05, 4.69) is 31.1 Å². The predicted octanol–water partition coefficient (Wildman–Crippen LogP) is 6.31. The van der Waals surface area contributed by atoms with E-state index in [-0.39, 0.29) is 42.2 Å². The molecule has 1 spiro atoms. The van der Waals surface area contributed by atoms with E-state index in [0.29, 0.717) is 32.8 Å². The minimum absolute atomic E-state index is 0.0363. The Morgan fingerprint density at radius 2 is 1.76 bits per heavy atom. The van der Waals surface area contributed by atoms with Crippen LogP contribution in [0.5, 0.6) is 0 Å². The molecule has 41 heavy (non-hydrogen) atoms. The maximum absolute atomic E-state index is 14.3. The summed E-state index contributed by atoms with van der Waals surface area (Å²) >= 11 is 12.7. The molecule has 3 aliphatic rings. The third-order valence-corrected chi connectivity index (χ3v) is 9.10. The van der Waals surface area contributed by atoms with Gasteiger partial charge in [0.1, 0.15) is 11.4 Å². The Balaban J connectivity index is 1.48. The first-order chi connectivity index (χ1) is 19.4. The Kier molecular flexibility index (Phi) is 8.18. The smallest absolute Gasteiger partial charge is 0.305 e. The van der Waals surface area contributed by atoms with Crippen LogP contribution in [0.2, 0.25) is 10.0 Å². The normalized spacial score (nSPS) is 23.4. The first-order valence-electron chi connectivity index (χ1n) is 14.2. The van der Waals surface area contributed by atoms with Crippen molar-refractivity contribution in [2.75, 3.05) is 6.54 Å². The number of aromatic nitrogens is 1. The van der Waals surface area contributed by atoms with Crippen LogP contribution in [0.1, 0.15) is 93.4 Å². The standard InChI is InChI=1S/C31H36Cl2N4O4/c1-30(2,3)21-8-11-31(12-9-21)36-26(20-14-22(32)16-23(33)15-20)29(41)37(31)27(18-4-5-18)24-7-6-19(17-35-24)28(40)34-13-10-25(38)39/h6-7,14-18,21,27H,4-5,8-13H2,1-3H3,(H,34,40)(H,38,39)/t21?,27-,31?/m1/s1. The number of carboxylic acid groups (broad SMARTS) is 1. The van der Waals surface area contributed by atoms with E-state index >= 15 is 0 Å². The summed E-state index contributed by atoms with van der Waals surface area (Å²) in [7, 11) is 0. The highest BCUT2D eigenvalue weighted by atomic mass is 35.5. The number of rotatable bonds is 8. The van der Waals surface area contributed by atoms with Crippen molar-refractivity contribution in [1.82, 2.24) is 15.2 Å². The van der Waals surface area contributed by atoms with Crippen LogP contribution in [0.25, 0.3) is 0 Å². The molecular formula is C31H36Cl2N4O4. The second-order valence-corrected chi connectivity index (χ2v) is 13.4. The van der Waals surface area contributed by atoms with E-state index in [1.54, 1.807) is 24.3 Å². The van der Waals surface area contributed by atoms with Crippen LogP contribution in [0.15, 0.2) is 41.5 Å². The van der Waals surface area contributed by atoms with Gasteiger partial charge < -0.3 is 15.3 Å². The van der Waals surface area contributed by atoms with Crippen LogP contribution in [0, 0.1) is 17.3 Å². The third-order valence-electron chi connectivity index (χ3n) is 8.66. The molecule has 218 valence electrons. The van der Waals surface area contributed by atoms with Gasteiger partial charge >= 0.3 is 5.97 Å². The molecular weight excluding hydrogens is 563 g/mol. The summed E-state index contributed by atoms with van der Waals surface area (Å²) < 4.78 is 0. The van der Waals surface area contributed by atoms with Crippen LogP contribution >= 0.6 is 23.2 Å². The summed E-state index contributed by atoms with van der Waals surface area (Å²) in [6.45, 7) is 6.85. The first-order valence-corrected chi connectivity index (χ1v) is 15.0. The monoisotopic (exact) mass is 598 g/mol. The molecule has 1 aromatic heterocycles. The molecule has 0 saturated heterocycles. The first kappa shape index (κ1) is 29.5. The number of hydrogen-bond acceptors (Lipinski definition) is 5. The lowest BCUT2D eigenvalue weighted by molar-refractivity contribution is -0.137. The van der Waals surface area contributed by atoms with Gasteiger partial charge in [0.2, 0.25) is 0 Å². The molecule has 10 heteroatoms. The number of carbonyl (C=O) groups is 3. The minimum atomic E-state index is -0.978. The molecule has 5 rings (SSSR count). The zero-order valence-electron chi connectivity index (χ0n) is 23.6. The zero-order valence-corrected chi connectivity index (χ0v) is 25.1. The Labute approximate surface area is 250 Å². The fourth-order valence-electron chi connectivity index (χ4n) is 6.27. The molecule has 2 heterocycles. The number of amides is 2. The van der Waals surface area contributed by atoms with Crippen molar-refractivity contribution in [2.45, 2.75) is 77.4 Å². The molecule has 8 nitrogen and oxygen atoms in total. The fraction of sp³-hybridized carbons (Fsp3) is 0.516. The van der Waals surface area contributed by atoms with Crippen LogP contribution in [-0.2, 0) is 9.59 Å². The number of nitrogens with zero attached hydrogens (tertiary/aromatic N) is 3. The summed E-state index contributed by atoms with van der Waals surface area (Å²) in [5.74, 6) is -0.733. The number of aliphatic carboxylic acids is 1. The summed E-state index contributed by atoms with van der Waals surface area (Å²) in [5.41, 5.74) is 1.53. The Morgan fingerprint density at radius 1 is 1.10 bits per heavy atom. The number of hydrogen-bond donors (Lipinski definition) is 2. The number of pyridine rings is 1. The number of halogens is 2. The summed E-state index contributed by atoms with van der Waals surface area (Å²) in [4.78, 5) is 49.5. The molecule has 1 aromatic carbocycles. The lowest BCUT2D eigenvalue weighted by Gasteiger charge is -2.47. The molecule has 2 amide bonds. The van der Waals surface area contributed by atoms with Crippen molar-refractivity contribution in [3.8, 4) is 0 Å². The maximum atomic E-state index is 14.3. The van der Waals surface area contributed by atoms with Gasteiger partial charge in [0, 0.05) is 28.4 Å². The van der Waals surface area contributed by atoms with E-state index < -0.39 is 11.6 Å². The highest BCUT2D eigenvalue weighted by molar-refractivity contribution is 6.47. The SMILES string of the molecule is CC(C)(C)C1CCC2(CC1)N=C(c1cc(Cl)cc(Cl)c1)C(=O)N2[C@@H](c1ccc(C(=O)NCCC(=O)O)cn1)C1CC1. The topological polar surface area (TPSA) is 112 Å². The third kappa shape index (κ3) is 6.28. The molecule has 0 radical (unpaired) electrons. The van der Waals surface area contributed by atoms with Crippen molar-refractivity contribution in [2.24, 2.45) is 22.2 Å². The predicted molar refractivity (Wildman–Crippen MR) is 158 cm³/mol. The van der Waals surface area contributed by atoms with Gasteiger partial charge in [-0.1, -0.05) is 44.0 Å². The number of carboxylic acids is 1. The second-order valence-electron chi connectivity index (χ2n) is 12.6. The highest BCUT2D eigenvalue weighted by Gasteiger charge is 2.55. The molecule has 0 bridgehead atoms. The fourth-order valence-corrected chi connectivity index (χ4v) is 6.80. The summed E-state index contributed by atoms with van der Waals surface area (Å²) in [6, 6.07) is 8.34. The van der Waals surface area contributed by atoms with E-state index in [9.17, 15) is 14.4 Å². The van der Waals surface area contributed by atoms with E-state index in [1.165, 1.54) is 6.20 Å². The second kappa shape index (κ2) is 11.4. The molecule has 1 atom stereocenters. The molecule has 2 fully saturated rings. The summed E-state index contributed by atoms with van der Waals surface area (Å²) in [5, 5.41) is 12.3. The lowest BCUT2D eigenvalue weighted by Crippen LogP contribution is -2.52. The van der Waals surface area contributed by atoms with Crippen LogP contribution < -0.4 is 5.32 Å². The summed E-state index contributed by atoms with van der Waals surface area (Å²) in [6.07, 6.45) is 6.73. The van der Waals surface area contributed by atoms with Crippen molar-refractivity contribution in [1.29, 1.82) is 0 Å². The molecule has 2 N–H and O–H groups in total. The van der Waals surface area contributed by atoms with Gasteiger partial charge in [-0.15, -0.1) is 0 Å². The quantitative estimate of drug-likeness (QED) is 0.370. The Bertz CT molecular complexity index is 1350. The van der Waals surface area contributed by atoms with Gasteiger partial charge in [-0.05, 0) is 86.1 Å². The van der Waals surface area contributed by atoms with E-state index in [4.69, 9.17) is 33.3 Å². The minimum Gasteiger partial charge on any atom is -0.481 e. The Morgan fingerprint density at radius 3 is 2.29 bits per heavy atom. The van der Waals surface area contributed by atoms with Crippen LogP contribution in [-0.4, -0.2) is 50.7 Å². The average Bonchev–Trinajstić information content (AvgIpc) is 3.70. The van der Waals surface area contributed by atoms with Gasteiger partial charge in [-0.3, -0.25) is 24.4 Å². The average molecular weight is 600 g/mol. The van der Waals surface area contributed by atoms with Gasteiger partial charge in [-0.25, -0.2) is 0 Å². The largest absolute Gasteiger partial charge is 0.481 e. The molecule has 2 aromatic rings.